The first-order valence-corrected chi connectivity index (χ1v) is 5.02. The van der Waals surface area contributed by atoms with Crippen LogP contribution in [0.25, 0.3) is 0 Å². The molecule has 1 aromatic rings. The van der Waals surface area contributed by atoms with Gasteiger partial charge in [-0.1, -0.05) is 6.92 Å². The summed E-state index contributed by atoms with van der Waals surface area (Å²) < 4.78 is 6.50. The number of hydrogen-bond donors (Lipinski definition) is 1. The summed E-state index contributed by atoms with van der Waals surface area (Å²) in [5.41, 5.74) is -0.0866. The fourth-order valence-electron chi connectivity index (χ4n) is 1.40. The lowest BCUT2D eigenvalue weighted by Crippen LogP contribution is -2.40. The summed E-state index contributed by atoms with van der Waals surface area (Å²) >= 11 is 0. The number of hydrogen-bond acceptors (Lipinski definition) is 4. The molecule has 0 aliphatic carbocycles. The Morgan fingerprint density at radius 2 is 2.47 bits per heavy atom. The van der Waals surface area contributed by atoms with Crippen molar-refractivity contribution in [3.63, 3.8) is 0 Å². The maximum atomic E-state index is 11.4. The minimum absolute atomic E-state index is 0.0866. The Kier molecular flexibility index (Phi) is 5.00. The Bertz CT molecular complexity index is 331. The van der Waals surface area contributed by atoms with Gasteiger partial charge in [0.05, 0.1) is 19.2 Å². The van der Waals surface area contributed by atoms with Crippen molar-refractivity contribution in [2.45, 2.75) is 19.5 Å². The number of ether oxygens (including phenoxy) is 1. The van der Waals surface area contributed by atoms with Crippen LogP contribution in [0.15, 0.2) is 23.1 Å². The van der Waals surface area contributed by atoms with Crippen LogP contribution in [0, 0.1) is 0 Å². The van der Waals surface area contributed by atoms with Crippen LogP contribution in [0.5, 0.6) is 0 Å². The molecule has 0 radical (unpaired) electrons. The van der Waals surface area contributed by atoms with E-state index in [1.54, 1.807) is 19.4 Å². The average molecular weight is 211 g/mol. The molecule has 1 unspecified atom stereocenters. The van der Waals surface area contributed by atoms with Crippen molar-refractivity contribution in [1.82, 2.24) is 15.1 Å². The van der Waals surface area contributed by atoms with Crippen LogP contribution in [0.1, 0.15) is 6.92 Å². The molecule has 1 heterocycles. The van der Waals surface area contributed by atoms with Gasteiger partial charge in [0.25, 0.3) is 5.56 Å². The number of likely N-dealkylation sites (N-methyl/N-ethyl adjacent to an activating group) is 1. The quantitative estimate of drug-likeness (QED) is 0.712. The topological polar surface area (TPSA) is 56.1 Å². The van der Waals surface area contributed by atoms with E-state index in [0.717, 1.165) is 6.54 Å². The van der Waals surface area contributed by atoms with Crippen LogP contribution >= 0.6 is 0 Å². The van der Waals surface area contributed by atoms with Gasteiger partial charge in [-0.25, -0.2) is 4.68 Å². The molecule has 0 saturated carbocycles. The number of rotatable bonds is 6. The molecule has 5 heteroatoms. The largest absolute Gasteiger partial charge is 0.383 e. The number of nitrogens with zero attached hydrogens (tertiary/aromatic N) is 2. The van der Waals surface area contributed by atoms with Gasteiger partial charge < -0.3 is 10.1 Å². The maximum absolute atomic E-state index is 11.4. The second kappa shape index (κ2) is 6.31. The summed E-state index contributed by atoms with van der Waals surface area (Å²) in [5.74, 6) is 0. The third-order valence-electron chi connectivity index (χ3n) is 2.04. The summed E-state index contributed by atoms with van der Waals surface area (Å²) in [5, 5.41) is 7.23. The van der Waals surface area contributed by atoms with E-state index < -0.39 is 0 Å². The standard InChI is InChI=1S/C10H17N3O2/c1-3-11-9(8-15-2)7-13-10(14)5-4-6-12-13/h4-6,9,11H,3,7-8H2,1-2H3. The highest BCUT2D eigenvalue weighted by Gasteiger charge is 2.08. The van der Waals surface area contributed by atoms with Crippen LogP contribution in [0.4, 0.5) is 0 Å². The van der Waals surface area contributed by atoms with Gasteiger partial charge in [-0.3, -0.25) is 4.79 Å². The van der Waals surface area contributed by atoms with E-state index in [0.29, 0.717) is 13.2 Å². The van der Waals surface area contributed by atoms with Crippen molar-refractivity contribution in [2.24, 2.45) is 0 Å². The minimum Gasteiger partial charge on any atom is -0.383 e. The van der Waals surface area contributed by atoms with Crippen LogP contribution in [-0.2, 0) is 11.3 Å². The van der Waals surface area contributed by atoms with E-state index in [1.807, 2.05) is 6.92 Å². The number of methoxy groups -OCH3 is 1. The van der Waals surface area contributed by atoms with Gasteiger partial charge in [-0.05, 0) is 12.6 Å². The summed E-state index contributed by atoms with van der Waals surface area (Å²) in [6, 6.07) is 3.26. The zero-order chi connectivity index (χ0) is 11.1. The Morgan fingerprint density at radius 3 is 3.07 bits per heavy atom. The third-order valence-corrected chi connectivity index (χ3v) is 2.04. The fraction of sp³-hybridized carbons (Fsp3) is 0.600. The van der Waals surface area contributed by atoms with Gasteiger partial charge in [0.15, 0.2) is 0 Å². The lowest BCUT2D eigenvalue weighted by atomic mass is 10.3. The molecule has 0 bridgehead atoms. The lowest BCUT2D eigenvalue weighted by Gasteiger charge is -2.16. The lowest BCUT2D eigenvalue weighted by molar-refractivity contribution is 0.157. The molecule has 15 heavy (non-hydrogen) atoms. The Morgan fingerprint density at radius 1 is 1.67 bits per heavy atom. The molecule has 1 aromatic heterocycles. The minimum atomic E-state index is -0.0866. The first kappa shape index (κ1) is 11.9. The van der Waals surface area contributed by atoms with Crippen LogP contribution < -0.4 is 10.9 Å². The summed E-state index contributed by atoms with van der Waals surface area (Å²) in [4.78, 5) is 11.4. The van der Waals surface area contributed by atoms with Gasteiger partial charge in [-0.2, -0.15) is 5.10 Å². The first-order valence-electron chi connectivity index (χ1n) is 5.02. The Labute approximate surface area is 89.1 Å². The molecule has 0 aliphatic heterocycles. The Balaban J connectivity index is 2.65. The molecule has 1 rings (SSSR count). The van der Waals surface area contributed by atoms with Crippen molar-refractivity contribution < 1.29 is 4.74 Å². The highest BCUT2D eigenvalue weighted by molar-refractivity contribution is 4.85. The predicted molar refractivity (Wildman–Crippen MR) is 57.8 cm³/mol. The smallest absolute Gasteiger partial charge is 0.266 e. The molecule has 0 spiro atoms. The first-order chi connectivity index (χ1) is 7.27. The van der Waals surface area contributed by atoms with Gasteiger partial charge in [0, 0.05) is 19.4 Å². The molecule has 0 fully saturated rings. The summed E-state index contributed by atoms with van der Waals surface area (Å²) in [6.07, 6.45) is 1.61. The SMILES string of the molecule is CCNC(COC)Cn1ncccc1=O. The number of nitrogens with one attached hydrogen (secondary N) is 1. The van der Waals surface area contributed by atoms with E-state index >= 15 is 0 Å². The summed E-state index contributed by atoms with van der Waals surface area (Å²) in [7, 11) is 1.64. The van der Waals surface area contributed by atoms with E-state index in [1.165, 1.54) is 10.7 Å². The molecule has 5 nitrogen and oxygen atoms in total. The normalized spacial score (nSPS) is 12.7. The monoisotopic (exact) mass is 211 g/mol. The Hall–Kier alpha value is -1.20. The average Bonchev–Trinajstić information content (AvgIpc) is 2.22. The van der Waals surface area contributed by atoms with Crippen molar-refractivity contribution >= 4 is 0 Å². The molecule has 1 atom stereocenters. The van der Waals surface area contributed by atoms with Crippen molar-refractivity contribution in [3.8, 4) is 0 Å². The van der Waals surface area contributed by atoms with Crippen LogP contribution in [0.3, 0.4) is 0 Å². The second-order valence-electron chi connectivity index (χ2n) is 3.25. The number of aromatic nitrogens is 2. The molecular weight excluding hydrogens is 194 g/mol. The van der Waals surface area contributed by atoms with Gasteiger partial charge >= 0.3 is 0 Å². The predicted octanol–water partition coefficient (Wildman–Crippen LogP) is -0.132. The third kappa shape index (κ3) is 3.81. The van der Waals surface area contributed by atoms with Crippen molar-refractivity contribution in [3.05, 3.63) is 28.7 Å². The molecule has 1 N–H and O–H groups in total. The van der Waals surface area contributed by atoms with E-state index in [9.17, 15) is 4.79 Å². The summed E-state index contributed by atoms with van der Waals surface area (Å²) in [6.45, 7) is 3.96. The van der Waals surface area contributed by atoms with Gasteiger partial charge in [0.1, 0.15) is 0 Å². The zero-order valence-electron chi connectivity index (χ0n) is 9.14. The highest BCUT2D eigenvalue weighted by Crippen LogP contribution is 1.88. The van der Waals surface area contributed by atoms with Crippen molar-refractivity contribution in [2.75, 3.05) is 20.3 Å². The van der Waals surface area contributed by atoms with Crippen molar-refractivity contribution in [1.29, 1.82) is 0 Å². The molecule has 0 aromatic carbocycles. The molecule has 0 amide bonds. The van der Waals surface area contributed by atoms with Gasteiger partial charge in [0.2, 0.25) is 0 Å². The fourth-order valence-corrected chi connectivity index (χ4v) is 1.40. The molecular formula is C10H17N3O2. The highest BCUT2D eigenvalue weighted by atomic mass is 16.5. The van der Waals surface area contributed by atoms with E-state index in [4.69, 9.17) is 4.74 Å². The van der Waals surface area contributed by atoms with E-state index in [-0.39, 0.29) is 11.6 Å². The zero-order valence-corrected chi connectivity index (χ0v) is 9.14. The van der Waals surface area contributed by atoms with Crippen LogP contribution in [0.2, 0.25) is 0 Å². The van der Waals surface area contributed by atoms with E-state index in [2.05, 4.69) is 10.4 Å². The molecule has 0 aliphatic rings. The molecule has 84 valence electrons. The van der Waals surface area contributed by atoms with Gasteiger partial charge in [-0.15, -0.1) is 0 Å². The maximum Gasteiger partial charge on any atom is 0.266 e. The molecule has 0 saturated heterocycles. The second-order valence-corrected chi connectivity index (χ2v) is 3.25. The van der Waals surface area contributed by atoms with Crippen LogP contribution in [-0.4, -0.2) is 36.1 Å².